The standard InChI is InChI=1S/C15H14ClFO2/c1-18-14-8-4-6-12(15(14)17)10-19-13-7-3-2-5-11(13)9-16/h2-8H,9-10H2,1H3. The monoisotopic (exact) mass is 280 g/mol. The smallest absolute Gasteiger partial charge is 0.171 e. The van der Waals surface area contributed by atoms with Gasteiger partial charge in [0.2, 0.25) is 0 Å². The normalized spacial score (nSPS) is 10.3. The van der Waals surface area contributed by atoms with Crippen LogP contribution in [0.4, 0.5) is 4.39 Å². The van der Waals surface area contributed by atoms with Crippen LogP contribution < -0.4 is 9.47 Å². The van der Waals surface area contributed by atoms with Crippen molar-refractivity contribution in [2.75, 3.05) is 7.11 Å². The maximum atomic E-state index is 13.9. The van der Waals surface area contributed by atoms with E-state index in [1.165, 1.54) is 7.11 Å². The lowest BCUT2D eigenvalue weighted by molar-refractivity contribution is 0.293. The molecule has 0 saturated carbocycles. The number of hydrogen-bond donors (Lipinski definition) is 0. The zero-order valence-electron chi connectivity index (χ0n) is 10.5. The Morgan fingerprint density at radius 3 is 2.42 bits per heavy atom. The molecule has 2 nitrogen and oxygen atoms in total. The van der Waals surface area contributed by atoms with Crippen molar-refractivity contribution in [2.45, 2.75) is 12.5 Å². The van der Waals surface area contributed by atoms with Crippen molar-refractivity contribution in [1.82, 2.24) is 0 Å². The van der Waals surface area contributed by atoms with Gasteiger partial charge in [-0.05, 0) is 12.1 Å². The summed E-state index contributed by atoms with van der Waals surface area (Å²) >= 11 is 5.82. The van der Waals surface area contributed by atoms with Crippen LogP contribution in [0.2, 0.25) is 0 Å². The van der Waals surface area contributed by atoms with Crippen molar-refractivity contribution in [2.24, 2.45) is 0 Å². The Morgan fingerprint density at radius 1 is 1.00 bits per heavy atom. The third-order valence-electron chi connectivity index (χ3n) is 2.76. The summed E-state index contributed by atoms with van der Waals surface area (Å²) in [4.78, 5) is 0. The predicted octanol–water partition coefficient (Wildman–Crippen LogP) is 4.15. The van der Waals surface area contributed by atoms with Gasteiger partial charge in [-0.2, -0.15) is 0 Å². The third kappa shape index (κ3) is 3.18. The van der Waals surface area contributed by atoms with Crippen LogP contribution in [-0.4, -0.2) is 7.11 Å². The first-order valence-corrected chi connectivity index (χ1v) is 6.37. The molecule has 0 spiro atoms. The van der Waals surface area contributed by atoms with Gasteiger partial charge >= 0.3 is 0 Å². The highest BCUT2D eigenvalue weighted by molar-refractivity contribution is 6.17. The van der Waals surface area contributed by atoms with Gasteiger partial charge in [0.15, 0.2) is 11.6 Å². The highest BCUT2D eigenvalue weighted by atomic mass is 35.5. The molecule has 0 aliphatic carbocycles. The molecule has 2 rings (SSSR count). The number of halogens is 2. The molecular formula is C15H14ClFO2. The van der Waals surface area contributed by atoms with Gasteiger partial charge in [0.1, 0.15) is 12.4 Å². The first kappa shape index (κ1) is 13.7. The van der Waals surface area contributed by atoms with E-state index < -0.39 is 5.82 Å². The van der Waals surface area contributed by atoms with Crippen molar-refractivity contribution in [3.63, 3.8) is 0 Å². The van der Waals surface area contributed by atoms with E-state index in [0.717, 1.165) is 5.56 Å². The highest BCUT2D eigenvalue weighted by Crippen LogP contribution is 2.24. The molecule has 4 heteroatoms. The molecule has 0 N–H and O–H groups in total. The second-order valence-corrected chi connectivity index (χ2v) is 4.23. The summed E-state index contributed by atoms with van der Waals surface area (Å²) < 4.78 is 24.5. The number of alkyl halides is 1. The zero-order valence-corrected chi connectivity index (χ0v) is 11.3. The second kappa shape index (κ2) is 6.43. The molecule has 0 fully saturated rings. The Hall–Kier alpha value is -1.74. The van der Waals surface area contributed by atoms with Gasteiger partial charge < -0.3 is 9.47 Å². The van der Waals surface area contributed by atoms with Crippen LogP contribution in [0.3, 0.4) is 0 Å². The molecule has 100 valence electrons. The lowest BCUT2D eigenvalue weighted by Gasteiger charge is -2.11. The maximum Gasteiger partial charge on any atom is 0.171 e. The van der Waals surface area contributed by atoms with Crippen LogP contribution in [0.15, 0.2) is 42.5 Å². The molecule has 0 bridgehead atoms. The molecule has 19 heavy (non-hydrogen) atoms. The number of ether oxygens (including phenoxy) is 2. The minimum Gasteiger partial charge on any atom is -0.494 e. The van der Waals surface area contributed by atoms with E-state index in [9.17, 15) is 4.39 Å². The number of para-hydroxylation sites is 1. The van der Waals surface area contributed by atoms with Crippen molar-refractivity contribution in [1.29, 1.82) is 0 Å². The fraction of sp³-hybridized carbons (Fsp3) is 0.200. The van der Waals surface area contributed by atoms with E-state index >= 15 is 0 Å². The van der Waals surface area contributed by atoms with Gasteiger partial charge in [0, 0.05) is 11.1 Å². The molecule has 0 aliphatic rings. The van der Waals surface area contributed by atoms with Crippen LogP contribution in [-0.2, 0) is 12.5 Å². The number of hydrogen-bond acceptors (Lipinski definition) is 2. The van der Waals surface area contributed by atoms with Gasteiger partial charge in [-0.15, -0.1) is 11.6 Å². The summed E-state index contributed by atoms with van der Waals surface area (Å²) in [7, 11) is 1.44. The predicted molar refractivity (Wildman–Crippen MR) is 73.3 cm³/mol. The summed E-state index contributed by atoms with van der Waals surface area (Å²) in [6, 6.07) is 12.4. The Morgan fingerprint density at radius 2 is 1.68 bits per heavy atom. The second-order valence-electron chi connectivity index (χ2n) is 3.96. The molecule has 0 amide bonds. The van der Waals surface area contributed by atoms with E-state index in [1.54, 1.807) is 18.2 Å². The molecule has 0 aliphatic heterocycles. The quantitative estimate of drug-likeness (QED) is 0.766. The van der Waals surface area contributed by atoms with Crippen LogP contribution in [0.25, 0.3) is 0 Å². The van der Waals surface area contributed by atoms with Crippen LogP contribution in [0.5, 0.6) is 11.5 Å². The summed E-state index contributed by atoms with van der Waals surface area (Å²) in [5.41, 5.74) is 1.33. The number of methoxy groups -OCH3 is 1. The average molecular weight is 281 g/mol. The Bertz CT molecular complexity index is 558. The number of rotatable bonds is 5. The van der Waals surface area contributed by atoms with Crippen molar-refractivity contribution in [3.05, 3.63) is 59.4 Å². The van der Waals surface area contributed by atoms with Crippen molar-refractivity contribution < 1.29 is 13.9 Å². The molecule has 2 aromatic carbocycles. The summed E-state index contributed by atoms with van der Waals surface area (Å²) in [6.07, 6.45) is 0. The van der Waals surface area contributed by atoms with Crippen LogP contribution in [0, 0.1) is 5.82 Å². The molecule has 0 unspecified atom stereocenters. The van der Waals surface area contributed by atoms with E-state index in [1.807, 2.05) is 24.3 Å². The summed E-state index contributed by atoms with van der Waals surface area (Å²) in [6.45, 7) is 0.136. The first-order chi connectivity index (χ1) is 9.26. The average Bonchev–Trinajstić information content (AvgIpc) is 2.46. The minimum atomic E-state index is -0.395. The molecule has 0 radical (unpaired) electrons. The first-order valence-electron chi connectivity index (χ1n) is 5.84. The summed E-state index contributed by atoms with van der Waals surface area (Å²) in [5, 5.41) is 0. The summed E-state index contributed by atoms with van der Waals surface area (Å²) in [5.74, 6) is 0.844. The Kier molecular flexibility index (Phi) is 4.63. The SMILES string of the molecule is COc1cccc(COc2ccccc2CCl)c1F. The van der Waals surface area contributed by atoms with Crippen molar-refractivity contribution >= 4 is 11.6 Å². The molecule has 2 aromatic rings. The van der Waals surface area contributed by atoms with Gasteiger partial charge in [-0.1, -0.05) is 30.3 Å². The fourth-order valence-electron chi connectivity index (χ4n) is 1.74. The topological polar surface area (TPSA) is 18.5 Å². The highest BCUT2D eigenvalue weighted by Gasteiger charge is 2.09. The molecular weight excluding hydrogens is 267 g/mol. The minimum absolute atomic E-state index is 0.136. The lowest BCUT2D eigenvalue weighted by atomic mass is 10.2. The Labute approximate surface area is 116 Å². The van der Waals surface area contributed by atoms with Gasteiger partial charge in [-0.25, -0.2) is 4.39 Å². The van der Waals surface area contributed by atoms with Gasteiger partial charge in [-0.3, -0.25) is 0 Å². The fourth-order valence-corrected chi connectivity index (χ4v) is 1.96. The Balaban J connectivity index is 2.15. The molecule has 0 atom stereocenters. The molecule has 0 aromatic heterocycles. The molecule has 0 heterocycles. The lowest BCUT2D eigenvalue weighted by Crippen LogP contribution is -2.01. The number of benzene rings is 2. The van der Waals surface area contributed by atoms with Gasteiger partial charge in [0.25, 0.3) is 0 Å². The van der Waals surface area contributed by atoms with E-state index in [0.29, 0.717) is 17.2 Å². The third-order valence-corrected chi connectivity index (χ3v) is 3.05. The maximum absolute atomic E-state index is 13.9. The van der Waals surface area contributed by atoms with Gasteiger partial charge in [0.05, 0.1) is 13.0 Å². The zero-order chi connectivity index (χ0) is 13.7. The van der Waals surface area contributed by atoms with Crippen molar-refractivity contribution in [3.8, 4) is 11.5 Å². The van der Waals surface area contributed by atoms with E-state index in [-0.39, 0.29) is 12.4 Å². The van der Waals surface area contributed by atoms with E-state index in [4.69, 9.17) is 21.1 Å². The molecule has 0 saturated heterocycles. The largest absolute Gasteiger partial charge is 0.494 e. The van der Waals surface area contributed by atoms with E-state index in [2.05, 4.69) is 0 Å². The van der Waals surface area contributed by atoms with Crippen LogP contribution >= 0.6 is 11.6 Å². The van der Waals surface area contributed by atoms with Crippen LogP contribution in [0.1, 0.15) is 11.1 Å².